The fourth-order valence-corrected chi connectivity index (χ4v) is 1.75. The lowest BCUT2D eigenvalue weighted by Gasteiger charge is -2.02. The topological polar surface area (TPSA) is 86.3 Å². The molecule has 18 heavy (non-hydrogen) atoms. The van der Waals surface area contributed by atoms with E-state index in [1.165, 1.54) is 4.80 Å². The maximum Gasteiger partial charge on any atom is 0.204 e. The summed E-state index contributed by atoms with van der Waals surface area (Å²) >= 11 is 0. The molecule has 8 heteroatoms. The molecular formula is C10H12N8. The number of imidazole rings is 1. The van der Waals surface area contributed by atoms with Crippen molar-refractivity contribution in [1.29, 1.82) is 0 Å². The molecule has 3 heterocycles. The first kappa shape index (κ1) is 10.6. The highest BCUT2D eigenvalue weighted by Crippen LogP contribution is 2.16. The Hall–Kier alpha value is -2.51. The zero-order valence-corrected chi connectivity index (χ0v) is 10.1. The molecule has 0 amide bonds. The first-order chi connectivity index (χ1) is 8.74. The van der Waals surface area contributed by atoms with Crippen molar-refractivity contribution in [2.45, 2.75) is 6.54 Å². The quantitative estimate of drug-likeness (QED) is 0.703. The fraction of sp³-hybridized carbons (Fsp3) is 0.300. The van der Waals surface area contributed by atoms with Crippen molar-refractivity contribution >= 4 is 17.0 Å². The number of fused-ring (bicyclic) bond motifs is 1. The standard InChI is InChI=1S/C10H12N8/c1-17-8-5-11-4-3-7(8)13-10(17)12-6-9-14-16-18(2)15-9/h3-5H,6H2,1-2H3,(H,12,13). The van der Waals surface area contributed by atoms with Crippen LogP contribution in [0.2, 0.25) is 0 Å². The Morgan fingerprint density at radius 3 is 2.94 bits per heavy atom. The van der Waals surface area contributed by atoms with Gasteiger partial charge in [0.25, 0.3) is 0 Å². The maximum absolute atomic E-state index is 4.46. The van der Waals surface area contributed by atoms with Gasteiger partial charge in [-0.15, -0.1) is 10.2 Å². The molecular weight excluding hydrogens is 232 g/mol. The van der Waals surface area contributed by atoms with E-state index < -0.39 is 0 Å². The van der Waals surface area contributed by atoms with Crippen LogP contribution in [-0.2, 0) is 20.6 Å². The van der Waals surface area contributed by atoms with Crippen molar-refractivity contribution in [1.82, 2.24) is 34.7 Å². The van der Waals surface area contributed by atoms with Gasteiger partial charge in [-0.1, -0.05) is 0 Å². The molecule has 0 fully saturated rings. The van der Waals surface area contributed by atoms with Crippen molar-refractivity contribution in [3.8, 4) is 0 Å². The predicted molar refractivity (Wildman–Crippen MR) is 64.6 cm³/mol. The van der Waals surface area contributed by atoms with Crippen molar-refractivity contribution in [2.24, 2.45) is 14.1 Å². The van der Waals surface area contributed by atoms with Gasteiger partial charge in [-0.25, -0.2) is 4.98 Å². The summed E-state index contributed by atoms with van der Waals surface area (Å²) in [6.45, 7) is 0.485. The number of nitrogens with zero attached hydrogens (tertiary/aromatic N) is 7. The number of hydrogen-bond acceptors (Lipinski definition) is 6. The molecule has 0 spiro atoms. The van der Waals surface area contributed by atoms with E-state index >= 15 is 0 Å². The largest absolute Gasteiger partial charge is 0.348 e. The molecule has 0 aliphatic heterocycles. The first-order valence-corrected chi connectivity index (χ1v) is 5.47. The molecule has 0 saturated carbocycles. The molecule has 0 radical (unpaired) electrons. The summed E-state index contributed by atoms with van der Waals surface area (Å²) in [6.07, 6.45) is 3.51. The number of aryl methyl sites for hydroxylation is 2. The Morgan fingerprint density at radius 2 is 2.22 bits per heavy atom. The second kappa shape index (κ2) is 4.06. The Labute approximate surface area is 103 Å². The Kier molecular flexibility index (Phi) is 2.40. The predicted octanol–water partition coefficient (Wildman–Crippen LogP) is 0.104. The summed E-state index contributed by atoms with van der Waals surface area (Å²) in [7, 11) is 3.67. The zero-order valence-electron chi connectivity index (χ0n) is 10.1. The minimum Gasteiger partial charge on any atom is -0.348 e. The van der Waals surface area contributed by atoms with Crippen LogP contribution < -0.4 is 5.32 Å². The third kappa shape index (κ3) is 1.77. The molecule has 0 bridgehead atoms. The Bertz CT molecular complexity index is 682. The van der Waals surface area contributed by atoms with Crippen LogP contribution in [0, 0.1) is 0 Å². The van der Waals surface area contributed by atoms with Crippen LogP contribution >= 0.6 is 0 Å². The lowest BCUT2D eigenvalue weighted by atomic mass is 10.4. The van der Waals surface area contributed by atoms with E-state index in [9.17, 15) is 0 Å². The van der Waals surface area contributed by atoms with E-state index in [1.54, 1.807) is 19.4 Å². The van der Waals surface area contributed by atoms with Gasteiger partial charge in [0.15, 0.2) is 5.82 Å². The molecule has 0 aromatic carbocycles. The average molecular weight is 244 g/mol. The number of anilines is 1. The Balaban J connectivity index is 1.84. The van der Waals surface area contributed by atoms with Crippen molar-refractivity contribution in [3.63, 3.8) is 0 Å². The fourth-order valence-electron chi connectivity index (χ4n) is 1.75. The lowest BCUT2D eigenvalue weighted by Crippen LogP contribution is -2.06. The SMILES string of the molecule is Cn1nnc(CNc2nc3ccncc3n2C)n1. The van der Waals surface area contributed by atoms with E-state index in [2.05, 4.69) is 30.7 Å². The summed E-state index contributed by atoms with van der Waals surface area (Å²) in [5.74, 6) is 1.38. The Morgan fingerprint density at radius 1 is 1.33 bits per heavy atom. The van der Waals surface area contributed by atoms with Crippen LogP contribution in [0.4, 0.5) is 5.95 Å². The normalized spacial score (nSPS) is 11.0. The van der Waals surface area contributed by atoms with Gasteiger partial charge in [-0.2, -0.15) is 4.80 Å². The third-order valence-corrected chi connectivity index (χ3v) is 2.64. The first-order valence-electron chi connectivity index (χ1n) is 5.47. The minimum absolute atomic E-state index is 0.485. The maximum atomic E-state index is 4.46. The van der Waals surface area contributed by atoms with Crippen LogP contribution in [-0.4, -0.2) is 34.7 Å². The number of hydrogen-bond donors (Lipinski definition) is 1. The van der Waals surface area contributed by atoms with Gasteiger partial charge in [0.05, 0.1) is 30.8 Å². The van der Waals surface area contributed by atoms with E-state index in [-0.39, 0.29) is 0 Å². The van der Waals surface area contributed by atoms with E-state index in [1.807, 2.05) is 17.7 Å². The molecule has 0 unspecified atom stereocenters. The van der Waals surface area contributed by atoms with Crippen LogP contribution in [0.1, 0.15) is 5.82 Å². The zero-order chi connectivity index (χ0) is 12.5. The molecule has 1 N–H and O–H groups in total. The van der Waals surface area contributed by atoms with Gasteiger partial charge in [0.1, 0.15) is 0 Å². The number of rotatable bonds is 3. The van der Waals surface area contributed by atoms with Gasteiger partial charge >= 0.3 is 0 Å². The molecule has 0 aliphatic carbocycles. The second-order valence-corrected chi connectivity index (χ2v) is 3.91. The third-order valence-electron chi connectivity index (χ3n) is 2.64. The van der Waals surface area contributed by atoms with E-state index in [0.717, 1.165) is 17.0 Å². The van der Waals surface area contributed by atoms with Gasteiger partial charge in [0, 0.05) is 13.2 Å². The molecule has 8 nitrogen and oxygen atoms in total. The van der Waals surface area contributed by atoms with Crippen LogP contribution in [0.15, 0.2) is 18.5 Å². The second-order valence-electron chi connectivity index (χ2n) is 3.91. The summed E-state index contributed by atoms with van der Waals surface area (Å²) in [6, 6.07) is 1.88. The molecule has 3 rings (SSSR count). The number of pyridine rings is 1. The minimum atomic E-state index is 0.485. The number of tetrazole rings is 1. The van der Waals surface area contributed by atoms with Crippen LogP contribution in [0.3, 0.4) is 0 Å². The van der Waals surface area contributed by atoms with Gasteiger partial charge in [0.2, 0.25) is 5.95 Å². The summed E-state index contributed by atoms with van der Waals surface area (Å²) in [4.78, 5) is 9.97. The number of aromatic nitrogens is 7. The highest BCUT2D eigenvalue weighted by Gasteiger charge is 2.08. The van der Waals surface area contributed by atoms with E-state index in [4.69, 9.17) is 0 Å². The highest BCUT2D eigenvalue weighted by atomic mass is 15.6. The van der Waals surface area contributed by atoms with Crippen molar-refractivity contribution in [3.05, 3.63) is 24.3 Å². The van der Waals surface area contributed by atoms with Gasteiger partial charge in [-0.05, 0) is 11.3 Å². The lowest BCUT2D eigenvalue weighted by molar-refractivity contribution is 0.628. The summed E-state index contributed by atoms with van der Waals surface area (Å²) in [5.41, 5.74) is 1.88. The molecule has 3 aromatic rings. The number of nitrogens with one attached hydrogen (secondary N) is 1. The molecule has 0 atom stereocenters. The molecule has 0 aliphatic rings. The van der Waals surface area contributed by atoms with Gasteiger partial charge < -0.3 is 9.88 Å². The highest BCUT2D eigenvalue weighted by molar-refractivity contribution is 5.77. The van der Waals surface area contributed by atoms with Crippen LogP contribution in [0.5, 0.6) is 0 Å². The summed E-state index contributed by atoms with van der Waals surface area (Å²) in [5, 5.41) is 14.9. The molecule has 3 aromatic heterocycles. The smallest absolute Gasteiger partial charge is 0.204 e. The van der Waals surface area contributed by atoms with Crippen molar-refractivity contribution in [2.75, 3.05) is 5.32 Å². The van der Waals surface area contributed by atoms with Gasteiger partial charge in [-0.3, -0.25) is 4.98 Å². The summed E-state index contributed by atoms with van der Waals surface area (Å²) < 4.78 is 1.94. The monoisotopic (exact) mass is 244 g/mol. The van der Waals surface area contributed by atoms with E-state index in [0.29, 0.717) is 12.4 Å². The van der Waals surface area contributed by atoms with Crippen molar-refractivity contribution < 1.29 is 0 Å². The molecule has 92 valence electrons. The van der Waals surface area contributed by atoms with Crippen LogP contribution in [0.25, 0.3) is 11.0 Å². The molecule has 0 saturated heterocycles. The average Bonchev–Trinajstić information content (AvgIpc) is 2.92.